The molecular weight excluding hydrogens is 220 g/mol. The van der Waals surface area contributed by atoms with Crippen LogP contribution in [-0.4, -0.2) is 31.1 Å². The summed E-state index contributed by atoms with van der Waals surface area (Å²) in [4.78, 5) is 22.7. The Morgan fingerprint density at radius 3 is 2.65 bits per heavy atom. The predicted molar refractivity (Wildman–Crippen MR) is 60.6 cm³/mol. The number of carbonyl (C=O) groups excluding carboxylic acids is 2. The Labute approximate surface area is 98.8 Å². The quantitative estimate of drug-likeness (QED) is 0.340. The van der Waals surface area contributed by atoms with Crippen molar-refractivity contribution in [3.8, 4) is 0 Å². The van der Waals surface area contributed by atoms with Crippen LogP contribution in [0.5, 0.6) is 0 Å². The van der Waals surface area contributed by atoms with Gasteiger partial charge in [0.15, 0.2) is 11.9 Å². The third kappa shape index (κ3) is 2.79. The summed E-state index contributed by atoms with van der Waals surface area (Å²) in [7, 11) is 1.30. The van der Waals surface area contributed by atoms with Crippen molar-refractivity contribution in [2.45, 2.75) is 12.2 Å². The van der Waals surface area contributed by atoms with Crippen LogP contribution in [0.2, 0.25) is 0 Å². The number of rotatable bonds is 4. The largest absolute Gasteiger partial charge is 0.466 e. The number of benzene rings is 1. The van der Waals surface area contributed by atoms with Gasteiger partial charge in [-0.15, -0.1) is 0 Å². The van der Waals surface area contributed by atoms with Crippen molar-refractivity contribution in [3.63, 3.8) is 0 Å². The van der Waals surface area contributed by atoms with Gasteiger partial charge in [-0.25, -0.2) is 4.79 Å². The molecule has 0 amide bonds. The van der Waals surface area contributed by atoms with Crippen LogP contribution in [0.3, 0.4) is 0 Å². The van der Waals surface area contributed by atoms with Crippen molar-refractivity contribution in [2.24, 2.45) is 0 Å². The van der Waals surface area contributed by atoms with Crippen molar-refractivity contribution >= 4 is 11.8 Å². The van der Waals surface area contributed by atoms with E-state index in [0.717, 1.165) is 0 Å². The summed E-state index contributed by atoms with van der Waals surface area (Å²) in [5, 5.41) is 0. The molecule has 1 aliphatic heterocycles. The lowest BCUT2D eigenvalue weighted by atomic mass is 10.1. The van der Waals surface area contributed by atoms with E-state index in [1.54, 1.807) is 24.3 Å². The van der Waals surface area contributed by atoms with Gasteiger partial charge in [-0.2, -0.15) is 0 Å². The molecule has 0 radical (unpaired) electrons. The Morgan fingerprint density at radius 1 is 1.29 bits per heavy atom. The zero-order valence-electron chi connectivity index (χ0n) is 9.33. The summed E-state index contributed by atoms with van der Waals surface area (Å²) in [6, 6.07) is 8.93. The lowest BCUT2D eigenvalue weighted by Crippen LogP contribution is -2.09. The third-order valence-electron chi connectivity index (χ3n) is 2.47. The van der Waals surface area contributed by atoms with Crippen molar-refractivity contribution in [1.29, 1.82) is 0 Å². The first-order chi connectivity index (χ1) is 8.22. The Balaban J connectivity index is 1.93. The van der Waals surface area contributed by atoms with Crippen molar-refractivity contribution < 1.29 is 19.1 Å². The molecule has 88 valence electrons. The first kappa shape index (κ1) is 11.5. The van der Waals surface area contributed by atoms with Gasteiger partial charge in [0.05, 0.1) is 7.11 Å². The zero-order chi connectivity index (χ0) is 12.3. The number of epoxide rings is 1. The topological polar surface area (TPSA) is 55.9 Å². The molecule has 4 heteroatoms. The van der Waals surface area contributed by atoms with Gasteiger partial charge in [-0.05, 0) is 6.08 Å². The molecule has 0 bridgehead atoms. The van der Waals surface area contributed by atoms with E-state index >= 15 is 0 Å². The van der Waals surface area contributed by atoms with E-state index in [1.807, 2.05) is 6.07 Å². The number of carbonyl (C=O) groups is 2. The van der Waals surface area contributed by atoms with E-state index in [4.69, 9.17) is 4.74 Å². The lowest BCUT2D eigenvalue weighted by molar-refractivity contribution is -0.134. The van der Waals surface area contributed by atoms with Crippen LogP contribution in [0.15, 0.2) is 42.5 Å². The van der Waals surface area contributed by atoms with Gasteiger partial charge >= 0.3 is 5.97 Å². The number of hydrogen-bond donors (Lipinski definition) is 0. The molecule has 1 heterocycles. The molecule has 2 atom stereocenters. The molecule has 0 aromatic heterocycles. The molecule has 0 saturated carbocycles. The number of ether oxygens (including phenoxy) is 2. The smallest absolute Gasteiger partial charge is 0.330 e. The average Bonchev–Trinajstić information content (AvgIpc) is 3.15. The molecular formula is C13H12O4. The summed E-state index contributed by atoms with van der Waals surface area (Å²) in [5.41, 5.74) is 0.617. The molecule has 1 aromatic rings. The maximum Gasteiger partial charge on any atom is 0.330 e. The molecule has 2 rings (SSSR count). The molecule has 0 N–H and O–H groups in total. The second-order valence-corrected chi connectivity index (χ2v) is 3.63. The highest BCUT2D eigenvalue weighted by Crippen LogP contribution is 2.27. The van der Waals surface area contributed by atoms with E-state index in [-0.39, 0.29) is 11.9 Å². The number of Topliss-reactive ketones (excluding diaryl/α,β-unsaturated/α-hetero) is 1. The third-order valence-corrected chi connectivity index (χ3v) is 2.47. The van der Waals surface area contributed by atoms with E-state index in [0.29, 0.717) is 5.56 Å². The molecule has 1 fully saturated rings. The van der Waals surface area contributed by atoms with Gasteiger partial charge in [0, 0.05) is 11.6 Å². The molecule has 1 aromatic carbocycles. The van der Waals surface area contributed by atoms with E-state index in [1.165, 1.54) is 19.3 Å². The fraction of sp³-hybridized carbons (Fsp3) is 0.231. The number of esters is 1. The van der Waals surface area contributed by atoms with Crippen LogP contribution < -0.4 is 0 Å². The Kier molecular flexibility index (Phi) is 3.35. The molecule has 17 heavy (non-hydrogen) atoms. The first-order valence-corrected chi connectivity index (χ1v) is 5.23. The van der Waals surface area contributed by atoms with Crippen LogP contribution in [-0.2, 0) is 14.3 Å². The summed E-state index contributed by atoms with van der Waals surface area (Å²) in [6.07, 6.45) is 2.01. The summed E-state index contributed by atoms with van der Waals surface area (Å²) in [6.45, 7) is 0. The average molecular weight is 232 g/mol. The normalized spacial score (nSPS) is 22.4. The van der Waals surface area contributed by atoms with Gasteiger partial charge in [0.2, 0.25) is 0 Å². The minimum absolute atomic E-state index is 0.0647. The molecule has 0 spiro atoms. The van der Waals surface area contributed by atoms with Gasteiger partial charge < -0.3 is 9.47 Å². The maximum atomic E-state index is 11.9. The van der Waals surface area contributed by atoms with E-state index in [2.05, 4.69) is 4.74 Å². The van der Waals surface area contributed by atoms with Crippen LogP contribution >= 0.6 is 0 Å². The lowest BCUT2D eigenvalue weighted by Gasteiger charge is -1.94. The Morgan fingerprint density at radius 2 is 2.00 bits per heavy atom. The fourth-order valence-electron chi connectivity index (χ4n) is 1.49. The second-order valence-electron chi connectivity index (χ2n) is 3.63. The minimum atomic E-state index is -0.474. The fourth-order valence-corrected chi connectivity index (χ4v) is 1.49. The van der Waals surface area contributed by atoms with Crippen molar-refractivity contribution in [3.05, 3.63) is 48.0 Å². The summed E-state index contributed by atoms with van der Waals surface area (Å²) in [5.74, 6) is -0.517. The molecule has 1 saturated heterocycles. The zero-order valence-corrected chi connectivity index (χ0v) is 9.33. The molecule has 4 nitrogen and oxygen atoms in total. The Hall–Kier alpha value is -1.94. The van der Waals surface area contributed by atoms with Crippen molar-refractivity contribution in [2.75, 3.05) is 7.11 Å². The highest BCUT2D eigenvalue weighted by molar-refractivity contribution is 6.01. The molecule has 0 unspecified atom stereocenters. The van der Waals surface area contributed by atoms with Gasteiger partial charge in [-0.3, -0.25) is 4.79 Å². The standard InChI is InChI=1S/C13H12O4/c1-16-11(14)8-7-10-13(17-10)12(15)9-5-3-2-4-6-9/h2-8,10,13H,1H3/b8-7+/t10-,13+/m0/s1. The number of ketones is 1. The van der Waals surface area contributed by atoms with Crippen LogP contribution in [0.1, 0.15) is 10.4 Å². The summed E-state index contributed by atoms with van der Waals surface area (Å²) < 4.78 is 9.63. The predicted octanol–water partition coefficient (Wildman–Crippen LogP) is 1.37. The highest BCUT2D eigenvalue weighted by Gasteiger charge is 2.43. The van der Waals surface area contributed by atoms with Gasteiger partial charge in [0.25, 0.3) is 0 Å². The Bertz CT molecular complexity index is 450. The van der Waals surface area contributed by atoms with E-state index < -0.39 is 12.1 Å². The molecule has 1 aliphatic rings. The first-order valence-electron chi connectivity index (χ1n) is 5.23. The minimum Gasteiger partial charge on any atom is -0.466 e. The van der Waals surface area contributed by atoms with Crippen LogP contribution in [0.25, 0.3) is 0 Å². The highest BCUT2D eigenvalue weighted by atomic mass is 16.6. The number of methoxy groups -OCH3 is 1. The van der Waals surface area contributed by atoms with Crippen LogP contribution in [0, 0.1) is 0 Å². The molecule has 0 aliphatic carbocycles. The SMILES string of the molecule is COC(=O)/C=C/[C@@H]1O[C@H]1C(=O)c1ccccc1. The monoisotopic (exact) mass is 232 g/mol. The summed E-state index contributed by atoms with van der Waals surface area (Å²) >= 11 is 0. The van der Waals surface area contributed by atoms with Crippen molar-refractivity contribution in [1.82, 2.24) is 0 Å². The second kappa shape index (κ2) is 4.93. The number of hydrogen-bond acceptors (Lipinski definition) is 4. The van der Waals surface area contributed by atoms with Gasteiger partial charge in [0.1, 0.15) is 6.10 Å². The van der Waals surface area contributed by atoms with Gasteiger partial charge in [-0.1, -0.05) is 30.3 Å². The van der Waals surface area contributed by atoms with E-state index in [9.17, 15) is 9.59 Å². The van der Waals surface area contributed by atoms with Crippen LogP contribution in [0.4, 0.5) is 0 Å². The maximum absolute atomic E-state index is 11.9.